The molecule has 2 aromatic heterocycles. The van der Waals surface area contributed by atoms with Crippen molar-refractivity contribution in [3.63, 3.8) is 0 Å². The molecule has 4 rings (SSSR count). The molecule has 0 spiro atoms. The predicted molar refractivity (Wildman–Crippen MR) is 118 cm³/mol. The van der Waals surface area contributed by atoms with E-state index in [0.717, 1.165) is 11.1 Å². The second-order valence-electron chi connectivity index (χ2n) is 6.81. The van der Waals surface area contributed by atoms with Crippen LogP contribution >= 0.6 is 11.3 Å². The molecule has 0 atom stereocenters. The Morgan fingerprint density at radius 3 is 2.65 bits per heavy atom. The Bertz CT molecular complexity index is 1330. The van der Waals surface area contributed by atoms with E-state index in [0.29, 0.717) is 32.7 Å². The smallest absolute Gasteiger partial charge is 0.275 e. The lowest BCUT2D eigenvalue weighted by molar-refractivity contribution is 0.0950. The largest absolute Gasteiger partial charge is 0.493 e. The van der Waals surface area contributed by atoms with Crippen molar-refractivity contribution in [3.05, 3.63) is 75.7 Å². The van der Waals surface area contributed by atoms with Gasteiger partial charge < -0.3 is 14.8 Å². The van der Waals surface area contributed by atoms with Crippen LogP contribution < -0.4 is 20.3 Å². The van der Waals surface area contributed by atoms with Crippen molar-refractivity contribution in [2.75, 3.05) is 14.2 Å². The highest BCUT2D eigenvalue weighted by molar-refractivity contribution is 7.19. The summed E-state index contributed by atoms with van der Waals surface area (Å²) >= 11 is 1.32. The van der Waals surface area contributed by atoms with Crippen LogP contribution in [-0.4, -0.2) is 34.7 Å². The summed E-state index contributed by atoms with van der Waals surface area (Å²) in [7, 11) is 3.04. The van der Waals surface area contributed by atoms with E-state index in [2.05, 4.69) is 15.4 Å². The molecule has 0 bridgehead atoms. The maximum absolute atomic E-state index is 12.5. The van der Waals surface area contributed by atoms with E-state index in [4.69, 9.17) is 9.47 Å². The van der Waals surface area contributed by atoms with Gasteiger partial charge in [0.2, 0.25) is 4.96 Å². The Balaban J connectivity index is 1.55. The van der Waals surface area contributed by atoms with Gasteiger partial charge >= 0.3 is 0 Å². The highest BCUT2D eigenvalue weighted by Gasteiger charge is 2.13. The number of amides is 1. The maximum Gasteiger partial charge on any atom is 0.275 e. The zero-order valence-corrected chi connectivity index (χ0v) is 18.0. The molecule has 0 saturated heterocycles. The lowest BCUT2D eigenvalue weighted by Crippen LogP contribution is -2.25. The Labute approximate surface area is 182 Å². The third-order valence-corrected chi connectivity index (χ3v) is 5.60. The fourth-order valence-electron chi connectivity index (χ4n) is 3.09. The molecule has 1 N–H and O–H groups in total. The van der Waals surface area contributed by atoms with E-state index in [1.165, 1.54) is 36.1 Å². The van der Waals surface area contributed by atoms with E-state index in [9.17, 15) is 9.59 Å². The van der Waals surface area contributed by atoms with Gasteiger partial charge in [0.25, 0.3) is 11.5 Å². The first-order valence-electron chi connectivity index (χ1n) is 9.45. The number of nitrogens with zero attached hydrogens (tertiary/aromatic N) is 3. The van der Waals surface area contributed by atoms with Crippen molar-refractivity contribution < 1.29 is 14.3 Å². The molecule has 2 heterocycles. The first-order valence-corrected chi connectivity index (χ1v) is 10.3. The fourth-order valence-corrected chi connectivity index (χ4v) is 4.01. The number of carbonyl (C=O) groups is 1. The second kappa shape index (κ2) is 8.57. The van der Waals surface area contributed by atoms with Gasteiger partial charge in [0.15, 0.2) is 11.5 Å². The first-order chi connectivity index (χ1) is 15.0. The summed E-state index contributed by atoms with van der Waals surface area (Å²) in [6.07, 6.45) is 0. The number of nitrogens with one attached hydrogen (secondary N) is 1. The first kappa shape index (κ1) is 20.5. The number of methoxy groups -OCH3 is 2. The van der Waals surface area contributed by atoms with Crippen LogP contribution in [0.25, 0.3) is 15.5 Å². The molecule has 0 fully saturated rings. The minimum absolute atomic E-state index is 0.108. The third kappa shape index (κ3) is 4.26. The van der Waals surface area contributed by atoms with Gasteiger partial charge in [-0.25, -0.2) is 4.98 Å². The van der Waals surface area contributed by atoms with Gasteiger partial charge in [-0.3, -0.25) is 9.59 Å². The number of rotatable bonds is 6. The fraction of sp³-hybridized carbons (Fsp3) is 0.182. The number of fused-ring (bicyclic) bond motifs is 1. The summed E-state index contributed by atoms with van der Waals surface area (Å²) < 4.78 is 11.7. The lowest BCUT2D eigenvalue weighted by atomic mass is 10.1. The molecule has 0 saturated carbocycles. The van der Waals surface area contributed by atoms with E-state index >= 15 is 0 Å². The van der Waals surface area contributed by atoms with Crippen LogP contribution in [0, 0.1) is 6.92 Å². The van der Waals surface area contributed by atoms with E-state index < -0.39 is 0 Å². The summed E-state index contributed by atoms with van der Waals surface area (Å²) in [4.78, 5) is 30.0. The quantitative estimate of drug-likeness (QED) is 0.499. The summed E-state index contributed by atoms with van der Waals surface area (Å²) in [5.74, 6) is 0.683. The molecular weight excluding hydrogens is 416 g/mol. The summed E-state index contributed by atoms with van der Waals surface area (Å²) in [6, 6.07) is 14.2. The Morgan fingerprint density at radius 2 is 1.90 bits per heavy atom. The summed E-state index contributed by atoms with van der Waals surface area (Å²) in [5, 5.41) is 7.88. The minimum atomic E-state index is -0.312. The Kier molecular flexibility index (Phi) is 5.68. The van der Waals surface area contributed by atoms with Gasteiger partial charge in [-0.15, -0.1) is 0 Å². The van der Waals surface area contributed by atoms with Crippen LogP contribution in [0.5, 0.6) is 11.5 Å². The van der Waals surface area contributed by atoms with Crippen molar-refractivity contribution >= 4 is 22.2 Å². The van der Waals surface area contributed by atoms with Gasteiger partial charge in [-0.05, 0) is 31.2 Å². The van der Waals surface area contributed by atoms with Crippen molar-refractivity contribution in [1.29, 1.82) is 0 Å². The van der Waals surface area contributed by atoms with Gasteiger partial charge in [0.05, 0.1) is 26.5 Å². The lowest BCUT2D eigenvalue weighted by Gasteiger charge is -2.10. The number of hydrogen-bond acceptors (Lipinski definition) is 7. The zero-order chi connectivity index (χ0) is 22.0. The molecule has 1 amide bonds. The number of hydrogen-bond donors (Lipinski definition) is 1. The van der Waals surface area contributed by atoms with Crippen LogP contribution in [0.4, 0.5) is 0 Å². The molecule has 8 nitrogen and oxygen atoms in total. The zero-order valence-electron chi connectivity index (χ0n) is 17.2. The Morgan fingerprint density at radius 1 is 1.10 bits per heavy atom. The number of ether oxygens (including phenoxy) is 2. The molecule has 0 aliphatic rings. The van der Waals surface area contributed by atoms with Crippen molar-refractivity contribution in [3.8, 4) is 22.1 Å². The van der Waals surface area contributed by atoms with Crippen LogP contribution in [0.1, 0.15) is 21.6 Å². The molecular formula is C22H20N4O4S. The van der Waals surface area contributed by atoms with E-state index in [1.54, 1.807) is 18.2 Å². The molecule has 2 aromatic carbocycles. The molecule has 9 heteroatoms. The topological polar surface area (TPSA) is 94.8 Å². The third-order valence-electron chi connectivity index (χ3n) is 4.64. The number of benzene rings is 2. The average Bonchev–Trinajstić information content (AvgIpc) is 3.22. The highest BCUT2D eigenvalue weighted by atomic mass is 32.1. The number of aromatic nitrogens is 3. The van der Waals surface area contributed by atoms with Crippen LogP contribution in [0.2, 0.25) is 0 Å². The van der Waals surface area contributed by atoms with Crippen LogP contribution in [-0.2, 0) is 6.54 Å². The van der Waals surface area contributed by atoms with Crippen molar-refractivity contribution in [2.45, 2.75) is 13.5 Å². The maximum atomic E-state index is 12.5. The SMILES string of the molecule is COc1ccc(C(=O)NCc2cc(=O)n3nc(-c4cccc(C)c4)sc3n2)cc1OC. The van der Waals surface area contributed by atoms with Crippen molar-refractivity contribution in [2.24, 2.45) is 0 Å². The number of aryl methyl sites for hydroxylation is 1. The van der Waals surface area contributed by atoms with E-state index in [-0.39, 0.29) is 18.0 Å². The second-order valence-corrected chi connectivity index (χ2v) is 7.77. The predicted octanol–water partition coefficient (Wildman–Crippen LogP) is 3.07. The standard InChI is InChI=1S/C22H20N4O4S/c1-13-5-4-6-15(9-13)21-25-26-19(27)11-16(24-22(26)31-21)12-23-20(28)14-7-8-17(29-2)18(10-14)30-3/h4-11H,12H2,1-3H3,(H,23,28). The van der Waals surface area contributed by atoms with Gasteiger partial charge in [0.1, 0.15) is 5.01 Å². The van der Waals surface area contributed by atoms with Crippen LogP contribution in [0.3, 0.4) is 0 Å². The highest BCUT2D eigenvalue weighted by Crippen LogP contribution is 2.27. The molecule has 0 aliphatic heterocycles. The minimum Gasteiger partial charge on any atom is -0.493 e. The summed E-state index contributed by atoms with van der Waals surface area (Å²) in [5.41, 5.74) is 2.61. The molecule has 31 heavy (non-hydrogen) atoms. The molecule has 158 valence electrons. The Hall–Kier alpha value is -3.72. The monoisotopic (exact) mass is 436 g/mol. The molecule has 4 aromatic rings. The summed E-state index contributed by atoms with van der Waals surface area (Å²) in [6.45, 7) is 2.11. The van der Waals surface area contributed by atoms with Crippen molar-refractivity contribution in [1.82, 2.24) is 19.9 Å². The van der Waals surface area contributed by atoms with Crippen LogP contribution in [0.15, 0.2) is 53.3 Å². The number of carbonyl (C=O) groups excluding carboxylic acids is 1. The van der Waals surface area contributed by atoms with Gasteiger partial charge in [0, 0.05) is 17.2 Å². The molecule has 0 aliphatic carbocycles. The normalized spacial score (nSPS) is 10.8. The van der Waals surface area contributed by atoms with Gasteiger partial charge in [-0.2, -0.15) is 9.61 Å². The van der Waals surface area contributed by atoms with Gasteiger partial charge in [-0.1, -0.05) is 35.1 Å². The van der Waals surface area contributed by atoms with E-state index in [1.807, 2.05) is 31.2 Å². The molecule has 0 radical (unpaired) electrons. The average molecular weight is 436 g/mol. The molecule has 0 unspecified atom stereocenters.